The van der Waals surface area contributed by atoms with Gasteiger partial charge in [-0.05, 0) is 50.2 Å². The Bertz CT molecular complexity index is 155. The molecule has 1 rings (SSSR count). The Hall–Kier alpha value is -0.0400. The van der Waals surface area contributed by atoms with E-state index in [-0.39, 0.29) is 0 Å². The van der Waals surface area contributed by atoms with E-state index in [1.165, 1.54) is 45.3 Å². The van der Waals surface area contributed by atoms with E-state index in [0.29, 0.717) is 5.41 Å². The van der Waals surface area contributed by atoms with Crippen LogP contribution in [0.15, 0.2) is 0 Å². The zero-order valence-electron chi connectivity index (χ0n) is 10.5. The Morgan fingerprint density at radius 1 is 1.14 bits per heavy atom. The highest BCUT2D eigenvalue weighted by molar-refractivity contribution is 4.82. The van der Waals surface area contributed by atoms with Crippen molar-refractivity contribution in [3.05, 3.63) is 0 Å². The maximum absolute atomic E-state index is 2.58. The molecule has 0 unspecified atom stereocenters. The molecule has 1 saturated heterocycles. The fraction of sp³-hybridized carbons (Fsp3) is 1.00. The minimum Gasteiger partial charge on any atom is -0.304 e. The summed E-state index contributed by atoms with van der Waals surface area (Å²) in [6, 6.07) is 0. The number of hydrogen-bond donors (Lipinski definition) is 0. The van der Waals surface area contributed by atoms with Gasteiger partial charge in [0.1, 0.15) is 0 Å². The van der Waals surface area contributed by atoms with Crippen LogP contribution in [0.3, 0.4) is 0 Å². The molecule has 1 heteroatoms. The van der Waals surface area contributed by atoms with E-state index in [2.05, 4.69) is 32.6 Å². The van der Waals surface area contributed by atoms with Crippen molar-refractivity contribution >= 4 is 0 Å². The molecule has 0 N–H and O–H groups in total. The summed E-state index contributed by atoms with van der Waals surface area (Å²) in [5.74, 6) is 0.963. The van der Waals surface area contributed by atoms with Crippen molar-refractivity contribution in [3.8, 4) is 0 Å². The highest BCUT2D eigenvalue weighted by Gasteiger charge is 2.31. The first-order valence-electron chi connectivity index (χ1n) is 6.32. The minimum atomic E-state index is 0.578. The predicted molar refractivity (Wildman–Crippen MR) is 63.5 cm³/mol. The van der Waals surface area contributed by atoms with Gasteiger partial charge in [0.15, 0.2) is 0 Å². The predicted octanol–water partition coefficient (Wildman–Crippen LogP) is 3.54. The van der Waals surface area contributed by atoms with E-state index >= 15 is 0 Å². The van der Waals surface area contributed by atoms with Crippen LogP contribution in [-0.2, 0) is 0 Å². The summed E-state index contributed by atoms with van der Waals surface area (Å²) in [5, 5.41) is 0. The second kappa shape index (κ2) is 5.16. The lowest BCUT2D eigenvalue weighted by Crippen LogP contribution is -2.38. The molecule has 1 aliphatic heterocycles. The van der Waals surface area contributed by atoms with Gasteiger partial charge in [-0.25, -0.2) is 0 Å². The SMILES string of the molecule is CCCC(C)(C)C1CCN(CC)CC1. The van der Waals surface area contributed by atoms with Gasteiger partial charge < -0.3 is 4.90 Å². The lowest BCUT2D eigenvalue weighted by Gasteiger charge is -2.40. The largest absolute Gasteiger partial charge is 0.304 e. The lowest BCUT2D eigenvalue weighted by molar-refractivity contribution is 0.0961. The molecule has 1 aliphatic rings. The fourth-order valence-electron chi connectivity index (χ4n) is 2.88. The molecule has 0 atom stereocenters. The molecule has 1 nitrogen and oxygen atoms in total. The zero-order chi connectivity index (χ0) is 10.6. The summed E-state index contributed by atoms with van der Waals surface area (Å²) >= 11 is 0. The molecule has 0 saturated carbocycles. The molecular formula is C13H27N. The van der Waals surface area contributed by atoms with E-state index < -0.39 is 0 Å². The van der Waals surface area contributed by atoms with Crippen LogP contribution >= 0.6 is 0 Å². The molecular weight excluding hydrogens is 170 g/mol. The summed E-state index contributed by atoms with van der Waals surface area (Å²) in [5.41, 5.74) is 0.578. The van der Waals surface area contributed by atoms with Crippen LogP contribution in [0.1, 0.15) is 53.4 Å². The van der Waals surface area contributed by atoms with Gasteiger partial charge in [-0.3, -0.25) is 0 Å². The first-order chi connectivity index (χ1) is 6.60. The molecule has 14 heavy (non-hydrogen) atoms. The van der Waals surface area contributed by atoms with Gasteiger partial charge >= 0.3 is 0 Å². The molecule has 0 aromatic heterocycles. The topological polar surface area (TPSA) is 3.24 Å². The first-order valence-corrected chi connectivity index (χ1v) is 6.32. The molecule has 0 spiro atoms. The van der Waals surface area contributed by atoms with E-state index in [4.69, 9.17) is 0 Å². The monoisotopic (exact) mass is 197 g/mol. The van der Waals surface area contributed by atoms with Gasteiger partial charge in [-0.2, -0.15) is 0 Å². The third-order valence-electron chi connectivity index (χ3n) is 4.03. The average Bonchev–Trinajstić information content (AvgIpc) is 2.18. The van der Waals surface area contributed by atoms with Gasteiger partial charge in [-0.15, -0.1) is 0 Å². The molecule has 84 valence electrons. The molecule has 0 aromatic carbocycles. The summed E-state index contributed by atoms with van der Waals surface area (Å²) in [4.78, 5) is 2.58. The van der Waals surface area contributed by atoms with Gasteiger partial charge in [0.25, 0.3) is 0 Å². The van der Waals surface area contributed by atoms with Crippen LogP contribution < -0.4 is 0 Å². The molecule has 0 bridgehead atoms. The van der Waals surface area contributed by atoms with Crippen LogP contribution in [0.4, 0.5) is 0 Å². The smallest absolute Gasteiger partial charge is 0.00160 e. The molecule has 1 fully saturated rings. The van der Waals surface area contributed by atoms with Crippen LogP contribution in [0.25, 0.3) is 0 Å². The van der Waals surface area contributed by atoms with Gasteiger partial charge in [-0.1, -0.05) is 34.1 Å². The normalized spacial score (nSPS) is 21.4. The number of rotatable bonds is 4. The van der Waals surface area contributed by atoms with E-state index in [1.807, 2.05) is 0 Å². The standard InChI is InChI=1S/C13H27N/c1-5-9-13(3,4)12-7-10-14(6-2)11-8-12/h12H,5-11H2,1-4H3. The Kier molecular flexibility index (Phi) is 4.43. The van der Waals surface area contributed by atoms with Crippen LogP contribution in [0, 0.1) is 11.3 Å². The van der Waals surface area contributed by atoms with Crippen molar-refractivity contribution < 1.29 is 0 Å². The van der Waals surface area contributed by atoms with Gasteiger partial charge in [0, 0.05) is 0 Å². The Morgan fingerprint density at radius 2 is 1.71 bits per heavy atom. The summed E-state index contributed by atoms with van der Waals surface area (Å²) in [6.07, 6.45) is 5.56. The van der Waals surface area contributed by atoms with Crippen molar-refractivity contribution in [2.75, 3.05) is 19.6 Å². The number of hydrogen-bond acceptors (Lipinski definition) is 1. The number of nitrogens with zero attached hydrogens (tertiary/aromatic N) is 1. The van der Waals surface area contributed by atoms with Crippen molar-refractivity contribution in [2.24, 2.45) is 11.3 Å². The minimum absolute atomic E-state index is 0.578. The van der Waals surface area contributed by atoms with Crippen molar-refractivity contribution in [1.29, 1.82) is 0 Å². The number of likely N-dealkylation sites (tertiary alicyclic amines) is 1. The van der Waals surface area contributed by atoms with Crippen LogP contribution in [-0.4, -0.2) is 24.5 Å². The Morgan fingerprint density at radius 3 is 2.14 bits per heavy atom. The van der Waals surface area contributed by atoms with E-state index in [1.54, 1.807) is 0 Å². The highest BCUT2D eigenvalue weighted by atomic mass is 15.1. The summed E-state index contributed by atoms with van der Waals surface area (Å²) in [6.45, 7) is 13.4. The van der Waals surface area contributed by atoms with Crippen LogP contribution in [0.2, 0.25) is 0 Å². The molecule has 0 aliphatic carbocycles. The van der Waals surface area contributed by atoms with E-state index in [0.717, 1.165) is 5.92 Å². The van der Waals surface area contributed by atoms with Gasteiger partial charge in [0.2, 0.25) is 0 Å². The summed E-state index contributed by atoms with van der Waals surface area (Å²) < 4.78 is 0. The quantitative estimate of drug-likeness (QED) is 0.666. The lowest BCUT2D eigenvalue weighted by atomic mass is 9.71. The van der Waals surface area contributed by atoms with Crippen molar-refractivity contribution in [3.63, 3.8) is 0 Å². The molecule has 0 aromatic rings. The molecule has 0 radical (unpaired) electrons. The average molecular weight is 197 g/mol. The third-order valence-corrected chi connectivity index (χ3v) is 4.03. The van der Waals surface area contributed by atoms with Gasteiger partial charge in [0.05, 0.1) is 0 Å². The Balaban J connectivity index is 2.40. The number of piperidine rings is 1. The second-order valence-corrected chi connectivity index (χ2v) is 5.45. The second-order valence-electron chi connectivity index (χ2n) is 5.45. The molecule has 1 heterocycles. The third kappa shape index (κ3) is 2.98. The van der Waals surface area contributed by atoms with E-state index in [9.17, 15) is 0 Å². The van der Waals surface area contributed by atoms with Crippen molar-refractivity contribution in [2.45, 2.75) is 53.4 Å². The Labute approximate surface area is 89.9 Å². The zero-order valence-corrected chi connectivity index (χ0v) is 10.5. The maximum Gasteiger partial charge on any atom is -0.00160 e. The fourth-order valence-corrected chi connectivity index (χ4v) is 2.88. The van der Waals surface area contributed by atoms with Crippen molar-refractivity contribution in [1.82, 2.24) is 4.90 Å². The first kappa shape index (κ1) is 12.0. The van der Waals surface area contributed by atoms with Crippen LogP contribution in [0.5, 0.6) is 0 Å². The summed E-state index contributed by atoms with van der Waals surface area (Å²) in [7, 11) is 0. The molecule has 0 amide bonds. The maximum atomic E-state index is 2.58. The highest BCUT2D eigenvalue weighted by Crippen LogP contribution is 2.38.